The predicted molar refractivity (Wildman–Crippen MR) is 107 cm³/mol. The Hall–Kier alpha value is -2.89. The highest BCUT2D eigenvalue weighted by Crippen LogP contribution is 2.32. The van der Waals surface area contributed by atoms with E-state index >= 15 is 0 Å². The number of carbonyl (C=O) groups is 1. The van der Waals surface area contributed by atoms with Gasteiger partial charge in [-0.05, 0) is 57.5 Å². The summed E-state index contributed by atoms with van der Waals surface area (Å²) in [6, 6.07) is 12.6. The van der Waals surface area contributed by atoms with Crippen molar-refractivity contribution in [2.24, 2.45) is 0 Å². The van der Waals surface area contributed by atoms with Crippen molar-refractivity contribution in [1.82, 2.24) is 5.32 Å². The Labute approximate surface area is 160 Å². The summed E-state index contributed by atoms with van der Waals surface area (Å²) in [5.41, 5.74) is 0.881. The van der Waals surface area contributed by atoms with Crippen LogP contribution in [0.25, 0.3) is 0 Å². The van der Waals surface area contributed by atoms with Crippen molar-refractivity contribution in [3.63, 3.8) is 0 Å². The lowest BCUT2D eigenvalue weighted by Gasteiger charge is -2.28. The van der Waals surface area contributed by atoms with Gasteiger partial charge in [0.2, 0.25) is 0 Å². The normalized spacial score (nSPS) is 11.1. The maximum absolute atomic E-state index is 12.6. The molecule has 0 heterocycles. The molecule has 146 valence electrons. The number of hydrogen-bond acceptors (Lipinski definition) is 4. The summed E-state index contributed by atoms with van der Waals surface area (Å²) >= 11 is 0. The van der Waals surface area contributed by atoms with E-state index in [1.807, 2.05) is 64.1 Å². The summed E-state index contributed by atoms with van der Waals surface area (Å²) < 4.78 is 16.4. The molecule has 2 aromatic rings. The molecule has 2 aromatic carbocycles. The van der Waals surface area contributed by atoms with Crippen LogP contribution in [-0.2, 0) is 5.54 Å². The van der Waals surface area contributed by atoms with Gasteiger partial charge in [-0.2, -0.15) is 0 Å². The first-order valence-electron chi connectivity index (χ1n) is 8.84. The summed E-state index contributed by atoms with van der Waals surface area (Å²) in [6.07, 6.45) is 0.0132. The van der Waals surface area contributed by atoms with Gasteiger partial charge >= 0.3 is 6.03 Å². The van der Waals surface area contributed by atoms with Gasteiger partial charge < -0.3 is 24.8 Å². The molecule has 0 radical (unpaired) electrons. The van der Waals surface area contributed by atoms with Gasteiger partial charge in [0, 0.05) is 0 Å². The van der Waals surface area contributed by atoms with Crippen molar-refractivity contribution in [3.8, 4) is 17.2 Å². The minimum Gasteiger partial charge on any atom is -0.493 e. The van der Waals surface area contributed by atoms with Crippen LogP contribution >= 0.6 is 0 Å². The Bertz CT molecular complexity index is 788. The Morgan fingerprint density at radius 2 is 1.63 bits per heavy atom. The molecule has 0 spiro atoms. The van der Waals surface area contributed by atoms with Crippen molar-refractivity contribution in [2.45, 2.75) is 39.3 Å². The third kappa shape index (κ3) is 5.29. The summed E-state index contributed by atoms with van der Waals surface area (Å²) in [6.45, 7) is 7.72. The molecule has 0 saturated heterocycles. The number of benzene rings is 2. The molecule has 0 unspecified atom stereocenters. The number of methoxy groups -OCH3 is 2. The number of nitrogens with one attached hydrogen (secondary N) is 2. The SMILES string of the molecule is COc1ccc(C(C)(C)NC(=O)Nc2ccccc2OC(C)C)cc1OC. The van der Waals surface area contributed by atoms with Gasteiger partial charge in [0.25, 0.3) is 0 Å². The number of rotatable bonds is 7. The minimum atomic E-state index is -0.627. The van der Waals surface area contributed by atoms with Crippen LogP contribution in [0, 0.1) is 0 Å². The number of urea groups is 1. The minimum absolute atomic E-state index is 0.0132. The number of anilines is 1. The summed E-state index contributed by atoms with van der Waals surface area (Å²) in [5, 5.41) is 5.85. The topological polar surface area (TPSA) is 68.8 Å². The molecule has 6 nitrogen and oxygen atoms in total. The average Bonchev–Trinajstić information content (AvgIpc) is 2.61. The maximum Gasteiger partial charge on any atom is 0.320 e. The van der Waals surface area contributed by atoms with Gasteiger partial charge in [-0.1, -0.05) is 18.2 Å². The molecular formula is C21H28N2O4. The van der Waals surface area contributed by atoms with Crippen LogP contribution in [0.5, 0.6) is 17.2 Å². The van der Waals surface area contributed by atoms with E-state index in [1.54, 1.807) is 20.3 Å². The molecule has 0 fully saturated rings. The fraction of sp³-hybridized carbons (Fsp3) is 0.381. The molecule has 0 saturated carbocycles. The molecule has 2 N–H and O–H groups in total. The second-order valence-electron chi connectivity index (χ2n) is 6.94. The molecule has 0 aromatic heterocycles. The number of para-hydroxylation sites is 2. The Morgan fingerprint density at radius 1 is 0.963 bits per heavy atom. The third-order valence-corrected chi connectivity index (χ3v) is 4.03. The van der Waals surface area contributed by atoms with Crippen LogP contribution in [-0.4, -0.2) is 26.4 Å². The van der Waals surface area contributed by atoms with Crippen LogP contribution in [0.3, 0.4) is 0 Å². The lowest BCUT2D eigenvalue weighted by atomic mass is 9.94. The van der Waals surface area contributed by atoms with E-state index in [4.69, 9.17) is 14.2 Å². The predicted octanol–water partition coefficient (Wildman–Crippen LogP) is 4.55. The standard InChI is InChI=1S/C21H28N2O4/c1-14(2)27-17-10-8-7-9-16(17)22-20(24)23-21(3,4)15-11-12-18(25-5)19(13-15)26-6/h7-14H,1-6H3,(H2,22,23,24). The van der Waals surface area contributed by atoms with Gasteiger partial charge in [0.05, 0.1) is 31.5 Å². The van der Waals surface area contributed by atoms with Crippen molar-refractivity contribution in [3.05, 3.63) is 48.0 Å². The van der Waals surface area contributed by atoms with E-state index in [1.165, 1.54) is 0 Å². The number of amides is 2. The molecule has 0 aliphatic carbocycles. The summed E-state index contributed by atoms with van der Waals surface area (Å²) in [5.74, 6) is 1.88. The molecular weight excluding hydrogens is 344 g/mol. The highest BCUT2D eigenvalue weighted by molar-refractivity contribution is 5.91. The average molecular weight is 372 g/mol. The van der Waals surface area contributed by atoms with Crippen molar-refractivity contribution < 1.29 is 19.0 Å². The number of ether oxygens (including phenoxy) is 3. The van der Waals surface area contributed by atoms with Crippen molar-refractivity contribution >= 4 is 11.7 Å². The largest absolute Gasteiger partial charge is 0.493 e. The molecule has 2 rings (SSSR count). The van der Waals surface area contributed by atoms with Crippen LogP contribution in [0.15, 0.2) is 42.5 Å². The van der Waals surface area contributed by atoms with E-state index in [0.29, 0.717) is 22.9 Å². The highest BCUT2D eigenvalue weighted by atomic mass is 16.5. The number of carbonyl (C=O) groups excluding carboxylic acids is 1. The Kier molecular flexibility index (Phi) is 6.55. The summed E-state index contributed by atoms with van der Waals surface area (Å²) in [7, 11) is 3.17. The van der Waals surface area contributed by atoms with Crippen LogP contribution < -0.4 is 24.8 Å². The van der Waals surface area contributed by atoms with Crippen molar-refractivity contribution in [2.75, 3.05) is 19.5 Å². The molecule has 0 aliphatic heterocycles. The van der Waals surface area contributed by atoms with Crippen LogP contribution in [0.2, 0.25) is 0 Å². The fourth-order valence-corrected chi connectivity index (χ4v) is 2.66. The first kappa shape index (κ1) is 20.4. The first-order chi connectivity index (χ1) is 12.8. The quantitative estimate of drug-likeness (QED) is 0.748. The Morgan fingerprint density at radius 3 is 2.26 bits per heavy atom. The smallest absolute Gasteiger partial charge is 0.320 e. The van der Waals surface area contributed by atoms with E-state index in [9.17, 15) is 4.79 Å². The first-order valence-corrected chi connectivity index (χ1v) is 8.84. The second-order valence-corrected chi connectivity index (χ2v) is 6.94. The molecule has 2 amide bonds. The third-order valence-electron chi connectivity index (χ3n) is 4.03. The molecule has 27 heavy (non-hydrogen) atoms. The van der Waals surface area contributed by atoms with Crippen molar-refractivity contribution in [1.29, 1.82) is 0 Å². The Balaban J connectivity index is 2.15. The van der Waals surface area contributed by atoms with Gasteiger partial charge in [-0.25, -0.2) is 4.79 Å². The monoisotopic (exact) mass is 372 g/mol. The lowest BCUT2D eigenvalue weighted by molar-refractivity contribution is 0.237. The zero-order chi connectivity index (χ0) is 20.0. The molecule has 0 aliphatic rings. The highest BCUT2D eigenvalue weighted by Gasteiger charge is 2.25. The van der Waals surface area contributed by atoms with Crippen LogP contribution in [0.4, 0.5) is 10.5 Å². The maximum atomic E-state index is 12.6. The van der Waals surface area contributed by atoms with Gasteiger partial charge in [0.1, 0.15) is 5.75 Å². The molecule has 0 atom stereocenters. The summed E-state index contributed by atoms with van der Waals surface area (Å²) in [4.78, 5) is 12.6. The zero-order valence-electron chi connectivity index (χ0n) is 16.8. The van der Waals surface area contributed by atoms with E-state index in [2.05, 4.69) is 10.6 Å². The zero-order valence-corrected chi connectivity index (χ0v) is 16.8. The molecule has 0 bridgehead atoms. The van der Waals surface area contributed by atoms with E-state index in [0.717, 1.165) is 5.56 Å². The van der Waals surface area contributed by atoms with Gasteiger partial charge in [-0.3, -0.25) is 0 Å². The van der Waals surface area contributed by atoms with Crippen LogP contribution in [0.1, 0.15) is 33.3 Å². The van der Waals surface area contributed by atoms with Gasteiger partial charge in [0.15, 0.2) is 11.5 Å². The molecule has 6 heteroatoms. The fourth-order valence-electron chi connectivity index (χ4n) is 2.66. The second kappa shape index (κ2) is 8.66. The lowest BCUT2D eigenvalue weighted by Crippen LogP contribution is -2.43. The van der Waals surface area contributed by atoms with E-state index in [-0.39, 0.29) is 12.1 Å². The van der Waals surface area contributed by atoms with Gasteiger partial charge in [-0.15, -0.1) is 0 Å². The number of hydrogen-bond donors (Lipinski definition) is 2. The van der Waals surface area contributed by atoms with E-state index < -0.39 is 5.54 Å².